The Kier molecular flexibility index (Phi) is 7.17. The molecule has 28 heavy (non-hydrogen) atoms. The third kappa shape index (κ3) is 4.97. The van der Waals surface area contributed by atoms with Crippen LogP contribution in [0, 0.1) is 0 Å². The van der Waals surface area contributed by atoms with Crippen molar-refractivity contribution in [1.82, 2.24) is 9.80 Å². The number of likely N-dealkylation sites (tertiary alicyclic amines) is 1. The first-order chi connectivity index (χ1) is 13.6. The lowest BCUT2D eigenvalue weighted by Gasteiger charge is -2.38. The molecule has 1 aromatic heterocycles. The molecular formula is C21H29N3O3S. The molecule has 0 atom stereocenters. The van der Waals surface area contributed by atoms with Crippen LogP contribution in [0.15, 0.2) is 35.7 Å². The predicted octanol–water partition coefficient (Wildman–Crippen LogP) is 4.28. The van der Waals surface area contributed by atoms with E-state index in [1.54, 1.807) is 37.7 Å². The quantitative estimate of drug-likeness (QED) is 0.750. The summed E-state index contributed by atoms with van der Waals surface area (Å²) in [6.45, 7) is 5.95. The lowest BCUT2D eigenvalue weighted by molar-refractivity contribution is 0.127. The fourth-order valence-corrected chi connectivity index (χ4v) is 4.30. The van der Waals surface area contributed by atoms with E-state index in [4.69, 9.17) is 9.47 Å². The molecule has 0 aliphatic carbocycles. The molecular weight excluding hydrogens is 374 g/mol. The number of hydrogen-bond donors (Lipinski definition) is 1. The topological polar surface area (TPSA) is 54.0 Å². The van der Waals surface area contributed by atoms with Gasteiger partial charge in [0.05, 0.1) is 20.8 Å². The first-order valence-corrected chi connectivity index (χ1v) is 10.6. The number of anilines is 1. The summed E-state index contributed by atoms with van der Waals surface area (Å²) in [7, 11) is 3.19. The van der Waals surface area contributed by atoms with Crippen LogP contribution in [0.3, 0.4) is 0 Å². The van der Waals surface area contributed by atoms with Gasteiger partial charge in [-0.3, -0.25) is 0 Å². The molecule has 7 heteroatoms. The summed E-state index contributed by atoms with van der Waals surface area (Å²) in [6, 6.07) is 9.72. The Balaban J connectivity index is 1.74. The Morgan fingerprint density at radius 1 is 1.21 bits per heavy atom. The standard InChI is InChI=1S/C21H29N3O3S/c1-4-23-11-9-17(10-12-23)24(15-18-6-5-13-28-18)21(25)22-16-7-8-19(26-2)20(14-16)27-3/h5-8,13-14,17H,4,9-12,15H2,1-3H3,(H,22,25). The van der Waals surface area contributed by atoms with E-state index in [0.29, 0.717) is 23.7 Å². The van der Waals surface area contributed by atoms with Crippen LogP contribution in [-0.2, 0) is 6.54 Å². The molecule has 0 saturated carbocycles. The lowest BCUT2D eigenvalue weighted by atomic mass is 10.0. The average Bonchev–Trinajstić information content (AvgIpc) is 3.25. The minimum absolute atomic E-state index is 0.0735. The SMILES string of the molecule is CCN1CCC(N(Cc2cccs2)C(=O)Nc2ccc(OC)c(OC)c2)CC1. The van der Waals surface area contributed by atoms with Crippen LogP contribution >= 0.6 is 11.3 Å². The van der Waals surface area contributed by atoms with E-state index >= 15 is 0 Å². The summed E-state index contributed by atoms with van der Waals surface area (Å²) in [5, 5.41) is 5.10. The van der Waals surface area contributed by atoms with Crippen LogP contribution in [-0.4, -0.2) is 55.7 Å². The molecule has 6 nitrogen and oxygen atoms in total. The van der Waals surface area contributed by atoms with E-state index in [-0.39, 0.29) is 12.1 Å². The third-order valence-electron chi connectivity index (χ3n) is 5.25. The van der Waals surface area contributed by atoms with Gasteiger partial charge in [-0.25, -0.2) is 4.79 Å². The monoisotopic (exact) mass is 403 g/mol. The number of piperidine rings is 1. The molecule has 1 saturated heterocycles. The second kappa shape index (κ2) is 9.80. The van der Waals surface area contributed by atoms with Crippen molar-refractivity contribution in [2.75, 3.05) is 39.2 Å². The summed E-state index contributed by atoms with van der Waals surface area (Å²) in [5.74, 6) is 1.24. The minimum Gasteiger partial charge on any atom is -0.493 e. The molecule has 0 radical (unpaired) electrons. The summed E-state index contributed by atoms with van der Waals surface area (Å²) in [6.07, 6.45) is 2.00. The van der Waals surface area contributed by atoms with Gasteiger partial charge in [0.2, 0.25) is 0 Å². The van der Waals surface area contributed by atoms with E-state index in [9.17, 15) is 4.79 Å². The fraction of sp³-hybridized carbons (Fsp3) is 0.476. The van der Waals surface area contributed by atoms with Gasteiger partial charge in [0.1, 0.15) is 0 Å². The van der Waals surface area contributed by atoms with E-state index in [2.05, 4.69) is 28.6 Å². The number of carbonyl (C=O) groups excluding carboxylic acids is 1. The number of rotatable bonds is 7. The number of methoxy groups -OCH3 is 2. The lowest BCUT2D eigenvalue weighted by Crippen LogP contribution is -2.48. The van der Waals surface area contributed by atoms with Crippen molar-refractivity contribution >= 4 is 23.1 Å². The first-order valence-electron chi connectivity index (χ1n) is 9.69. The highest BCUT2D eigenvalue weighted by Crippen LogP contribution is 2.30. The number of nitrogens with one attached hydrogen (secondary N) is 1. The molecule has 0 bridgehead atoms. The van der Waals surface area contributed by atoms with Gasteiger partial charge in [0.15, 0.2) is 11.5 Å². The molecule has 152 valence electrons. The molecule has 1 aliphatic rings. The van der Waals surface area contributed by atoms with Crippen molar-refractivity contribution in [1.29, 1.82) is 0 Å². The molecule has 1 N–H and O–H groups in total. The van der Waals surface area contributed by atoms with E-state index in [0.717, 1.165) is 32.5 Å². The van der Waals surface area contributed by atoms with Gasteiger partial charge >= 0.3 is 6.03 Å². The number of thiophene rings is 1. The minimum atomic E-state index is -0.0735. The van der Waals surface area contributed by atoms with E-state index in [1.807, 2.05) is 17.0 Å². The number of hydrogen-bond acceptors (Lipinski definition) is 5. The van der Waals surface area contributed by atoms with Crippen LogP contribution in [0.25, 0.3) is 0 Å². The number of ether oxygens (including phenoxy) is 2. The van der Waals surface area contributed by atoms with Crippen LogP contribution in [0.1, 0.15) is 24.6 Å². The molecule has 1 aliphatic heterocycles. The highest BCUT2D eigenvalue weighted by atomic mass is 32.1. The van der Waals surface area contributed by atoms with Gasteiger partial charge in [-0.05, 0) is 43.0 Å². The maximum absolute atomic E-state index is 13.2. The normalized spacial score (nSPS) is 15.2. The maximum Gasteiger partial charge on any atom is 0.322 e. The Hall–Kier alpha value is -2.25. The molecule has 3 rings (SSSR count). The average molecular weight is 404 g/mol. The highest BCUT2D eigenvalue weighted by molar-refractivity contribution is 7.09. The van der Waals surface area contributed by atoms with Gasteiger partial charge in [-0.2, -0.15) is 0 Å². The van der Waals surface area contributed by atoms with Crippen LogP contribution in [0.2, 0.25) is 0 Å². The second-order valence-electron chi connectivity index (χ2n) is 6.87. The van der Waals surface area contributed by atoms with E-state index < -0.39 is 0 Å². The summed E-state index contributed by atoms with van der Waals surface area (Å²) < 4.78 is 10.6. The van der Waals surface area contributed by atoms with Gasteiger partial charge in [0, 0.05) is 35.8 Å². The van der Waals surface area contributed by atoms with Crippen molar-refractivity contribution in [3.05, 3.63) is 40.6 Å². The van der Waals surface area contributed by atoms with Gasteiger partial charge in [-0.15, -0.1) is 11.3 Å². The number of benzene rings is 1. The van der Waals surface area contributed by atoms with Crippen LogP contribution < -0.4 is 14.8 Å². The first kappa shape index (κ1) is 20.5. The van der Waals surface area contributed by atoms with Gasteiger partial charge < -0.3 is 24.6 Å². The Bertz CT molecular complexity index is 758. The number of nitrogens with zero attached hydrogens (tertiary/aromatic N) is 2. The smallest absolute Gasteiger partial charge is 0.322 e. The molecule has 2 heterocycles. The zero-order valence-electron chi connectivity index (χ0n) is 16.8. The zero-order chi connectivity index (χ0) is 19.9. The molecule has 0 spiro atoms. The van der Waals surface area contributed by atoms with Crippen molar-refractivity contribution in [2.45, 2.75) is 32.4 Å². The zero-order valence-corrected chi connectivity index (χ0v) is 17.6. The predicted molar refractivity (Wildman–Crippen MR) is 114 cm³/mol. The summed E-state index contributed by atoms with van der Waals surface area (Å²) >= 11 is 1.69. The largest absolute Gasteiger partial charge is 0.493 e. The summed E-state index contributed by atoms with van der Waals surface area (Å²) in [5.41, 5.74) is 0.699. The maximum atomic E-state index is 13.2. The number of urea groups is 1. The van der Waals surface area contributed by atoms with Crippen molar-refractivity contribution in [3.8, 4) is 11.5 Å². The van der Waals surface area contributed by atoms with Gasteiger partial charge in [0.25, 0.3) is 0 Å². The Morgan fingerprint density at radius 3 is 2.57 bits per heavy atom. The van der Waals surface area contributed by atoms with Crippen LogP contribution in [0.4, 0.5) is 10.5 Å². The van der Waals surface area contributed by atoms with E-state index in [1.165, 1.54) is 4.88 Å². The molecule has 1 fully saturated rings. The summed E-state index contributed by atoms with van der Waals surface area (Å²) in [4.78, 5) is 18.8. The third-order valence-corrected chi connectivity index (χ3v) is 6.11. The molecule has 1 aromatic carbocycles. The van der Waals surface area contributed by atoms with Crippen molar-refractivity contribution in [3.63, 3.8) is 0 Å². The fourth-order valence-electron chi connectivity index (χ4n) is 3.59. The number of amides is 2. The van der Waals surface area contributed by atoms with Crippen molar-refractivity contribution in [2.24, 2.45) is 0 Å². The van der Waals surface area contributed by atoms with Crippen molar-refractivity contribution < 1.29 is 14.3 Å². The number of carbonyl (C=O) groups is 1. The second-order valence-corrected chi connectivity index (χ2v) is 7.90. The van der Waals surface area contributed by atoms with Crippen LogP contribution in [0.5, 0.6) is 11.5 Å². The molecule has 2 aromatic rings. The van der Waals surface area contributed by atoms with Gasteiger partial charge in [-0.1, -0.05) is 13.0 Å². The molecule has 2 amide bonds. The Morgan fingerprint density at radius 2 is 1.96 bits per heavy atom. The molecule has 0 unspecified atom stereocenters. The Labute approximate surface area is 171 Å². The highest BCUT2D eigenvalue weighted by Gasteiger charge is 2.28.